The van der Waals surface area contributed by atoms with Crippen molar-refractivity contribution in [1.82, 2.24) is 5.16 Å². The third kappa shape index (κ3) is 2.53. The number of hydrogen-bond donors (Lipinski definition) is 1. The Bertz CT molecular complexity index is 681. The van der Waals surface area contributed by atoms with Crippen molar-refractivity contribution in [2.75, 3.05) is 0 Å². The molecule has 1 heterocycles. The van der Waals surface area contributed by atoms with Crippen LogP contribution in [-0.2, 0) is 0 Å². The molecule has 0 spiro atoms. The number of aromatic nitrogens is 1. The van der Waals surface area contributed by atoms with Gasteiger partial charge in [-0.1, -0.05) is 5.16 Å². The Morgan fingerprint density at radius 1 is 1.45 bits per heavy atom. The maximum atomic E-state index is 13.6. The van der Waals surface area contributed by atoms with E-state index < -0.39 is 11.8 Å². The predicted molar refractivity (Wildman–Crippen MR) is 70.2 cm³/mol. The van der Waals surface area contributed by atoms with Gasteiger partial charge in [0.2, 0.25) is 5.76 Å². The molecule has 5 nitrogen and oxygen atoms in total. The maximum Gasteiger partial charge on any atom is 0.374 e. The van der Waals surface area contributed by atoms with Crippen molar-refractivity contribution in [1.29, 1.82) is 0 Å². The fourth-order valence-electron chi connectivity index (χ4n) is 1.73. The Balaban J connectivity index is 2.07. The van der Waals surface area contributed by atoms with E-state index in [1.165, 1.54) is 18.2 Å². The Labute approximate surface area is 121 Å². The summed E-state index contributed by atoms with van der Waals surface area (Å²) in [4.78, 5) is 10.8. The summed E-state index contributed by atoms with van der Waals surface area (Å²) in [5.41, 5.74) is 0.582. The molecule has 104 valence electrons. The number of benzene rings is 1. The van der Waals surface area contributed by atoms with E-state index in [-0.39, 0.29) is 17.6 Å². The number of carbonyl (C=O) groups is 1. The van der Waals surface area contributed by atoms with Crippen molar-refractivity contribution in [3.63, 3.8) is 0 Å². The second-order valence-corrected chi connectivity index (χ2v) is 5.32. The fraction of sp³-hybridized carbons (Fsp3) is 0.231. The van der Waals surface area contributed by atoms with E-state index >= 15 is 0 Å². The smallest absolute Gasteiger partial charge is 0.374 e. The van der Waals surface area contributed by atoms with Crippen LogP contribution in [0.25, 0.3) is 11.3 Å². The summed E-state index contributed by atoms with van der Waals surface area (Å²) in [6.07, 6.45) is 2.01. The first-order valence-electron chi connectivity index (χ1n) is 5.90. The molecule has 20 heavy (non-hydrogen) atoms. The number of nitrogens with zero attached hydrogens (tertiary/aromatic N) is 1. The van der Waals surface area contributed by atoms with Crippen LogP contribution in [-0.4, -0.2) is 22.3 Å². The van der Waals surface area contributed by atoms with Crippen molar-refractivity contribution < 1.29 is 23.6 Å². The molecule has 2 aromatic rings. The summed E-state index contributed by atoms with van der Waals surface area (Å²) in [5, 5.41) is 12.5. The zero-order valence-electron chi connectivity index (χ0n) is 10.1. The van der Waals surface area contributed by atoms with Gasteiger partial charge in [-0.05, 0) is 40.9 Å². The van der Waals surface area contributed by atoms with Gasteiger partial charge in [-0.3, -0.25) is 0 Å². The second kappa shape index (κ2) is 4.90. The third-order valence-electron chi connectivity index (χ3n) is 2.81. The number of halogens is 2. The minimum atomic E-state index is -1.23. The lowest BCUT2D eigenvalue weighted by Gasteiger charge is -2.11. The molecular formula is C13H9BrFNO4. The van der Waals surface area contributed by atoms with Crippen molar-refractivity contribution in [2.24, 2.45) is 0 Å². The van der Waals surface area contributed by atoms with Crippen LogP contribution in [0.3, 0.4) is 0 Å². The Morgan fingerprint density at radius 2 is 2.20 bits per heavy atom. The van der Waals surface area contributed by atoms with E-state index in [0.717, 1.165) is 12.8 Å². The van der Waals surface area contributed by atoms with Crippen LogP contribution < -0.4 is 4.74 Å². The molecule has 1 N–H and O–H groups in total. The lowest BCUT2D eigenvalue weighted by molar-refractivity contribution is 0.0652. The molecule has 0 aliphatic heterocycles. The normalized spacial score (nSPS) is 14.3. The van der Waals surface area contributed by atoms with E-state index in [2.05, 4.69) is 21.1 Å². The van der Waals surface area contributed by atoms with Crippen LogP contribution in [0.5, 0.6) is 5.75 Å². The summed E-state index contributed by atoms with van der Waals surface area (Å²) in [7, 11) is 0. The van der Waals surface area contributed by atoms with Crippen molar-refractivity contribution in [3.05, 3.63) is 34.2 Å². The molecule has 0 amide bonds. The number of aromatic carboxylic acids is 1. The standard InChI is InChI=1S/C13H9BrFNO4/c14-9-4-6(15)3-8(12(9)19-7-1-2-7)10-5-11(13(17)18)20-16-10/h3-5,7H,1-2H2,(H,17,18). The van der Waals surface area contributed by atoms with Gasteiger partial charge in [0.1, 0.15) is 17.3 Å². The molecule has 0 atom stereocenters. The molecule has 7 heteroatoms. The molecule has 1 aliphatic carbocycles. The van der Waals surface area contributed by atoms with Gasteiger partial charge < -0.3 is 14.4 Å². The average Bonchev–Trinajstić information content (AvgIpc) is 3.05. The van der Waals surface area contributed by atoms with Crippen LogP contribution in [0.1, 0.15) is 23.4 Å². The quantitative estimate of drug-likeness (QED) is 0.921. The van der Waals surface area contributed by atoms with Crippen molar-refractivity contribution in [3.8, 4) is 17.0 Å². The van der Waals surface area contributed by atoms with Gasteiger partial charge in [0.25, 0.3) is 0 Å². The number of rotatable bonds is 4. The number of carboxylic acid groups (broad SMARTS) is 1. The highest BCUT2D eigenvalue weighted by atomic mass is 79.9. The fourth-order valence-corrected chi connectivity index (χ4v) is 2.25. The molecule has 1 aromatic carbocycles. The summed E-state index contributed by atoms with van der Waals surface area (Å²) in [5.74, 6) is -1.57. The summed E-state index contributed by atoms with van der Waals surface area (Å²) >= 11 is 3.25. The predicted octanol–water partition coefficient (Wildman–Crippen LogP) is 3.48. The van der Waals surface area contributed by atoms with Crippen LogP contribution in [0.4, 0.5) is 4.39 Å². The highest BCUT2D eigenvalue weighted by Crippen LogP contribution is 2.40. The minimum Gasteiger partial charge on any atom is -0.489 e. The first-order chi connectivity index (χ1) is 9.54. The van der Waals surface area contributed by atoms with E-state index in [1.54, 1.807) is 0 Å². The lowest BCUT2D eigenvalue weighted by atomic mass is 10.1. The highest BCUT2D eigenvalue weighted by molar-refractivity contribution is 9.10. The molecule has 0 radical (unpaired) electrons. The van der Waals surface area contributed by atoms with Gasteiger partial charge in [-0.25, -0.2) is 9.18 Å². The first-order valence-corrected chi connectivity index (χ1v) is 6.70. The molecule has 0 saturated heterocycles. The van der Waals surface area contributed by atoms with Gasteiger partial charge in [0, 0.05) is 11.6 Å². The Kier molecular flexibility index (Phi) is 3.21. The summed E-state index contributed by atoms with van der Waals surface area (Å²) < 4.78 is 24.4. The van der Waals surface area contributed by atoms with Gasteiger partial charge in [-0.2, -0.15) is 0 Å². The summed E-state index contributed by atoms with van der Waals surface area (Å²) in [6.45, 7) is 0. The molecule has 3 rings (SSSR count). The Hall–Kier alpha value is -1.89. The molecule has 1 fully saturated rings. The van der Waals surface area contributed by atoms with Gasteiger partial charge in [0.05, 0.1) is 10.6 Å². The number of hydrogen-bond acceptors (Lipinski definition) is 4. The van der Waals surface area contributed by atoms with Gasteiger partial charge >= 0.3 is 5.97 Å². The second-order valence-electron chi connectivity index (χ2n) is 4.46. The molecular weight excluding hydrogens is 333 g/mol. The number of carboxylic acids is 1. The van der Waals surface area contributed by atoms with E-state index in [4.69, 9.17) is 14.4 Å². The summed E-state index contributed by atoms with van der Waals surface area (Å²) in [6, 6.07) is 3.77. The SMILES string of the molecule is O=C(O)c1cc(-c2cc(F)cc(Br)c2OC2CC2)no1. The van der Waals surface area contributed by atoms with Crippen molar-refractivity contribution in [2.45, 2.75) is 18.9 Å². The zero-order chi connectivity index (χ0) is 14.3. The zero-order valence-corrected chi connectivity index (χ0v) is 11.7. The monoisotopic (exact) mass is 341 g/mol. The number of ether oxygens (including phenoxy) is 1. The minimum absolute atomic E-state index is 0.112. The molecule has 0 bridgehead atoms. The third-order valence-corrected chi connectivity index (χ3v) is 3.40. The lowest BCUT2D eigenvalue weighted by Crippen LogP contribution is -1.99. The Morgan fingerprint density at radius 3 is 2.80 bits per heavy atom. The first kappa shape index (κ1) is 13.1. The largest absolute Gasteiger partial charge is 0.489 e. The van der Waals surface area contributed by atoms with E-state index in [0.29, 0.717) is 15.8 Å². The van der Waals surface area contributed by atoms with E-state index in [9.17, 15) is 9.18 Å². The van der Waals surface area contributed by atoms with Gasteiger partial charge in [-0.15, -0.1) is 0 Å². The molecule has 0 unspecified atom stereocenters. The average molecular weight is 342 g/mol. The highest BCUT2D eigenvalue weighted by Gasteiger charge is 2.27. The van der Waals surface area contributed by atoms with Crippen LogP contribution in [0.15, 0.2) is 27.2 Å². The van der Waals surface area contributed by atoms with E-state index in [1.807, 2.05) is 0 Å². The van der Waals surface area contributed by atoms with Crippen molar-refractivity contribution >= 4 is 21.9 Å². The van der Waals surface area contributed by atoms with Crippen LogP contribution in [0.2, 0.25) is 0 Å². The molecule has 1 aliphatic rings. The van der Waals surface area contributed by atoms with Gasteiger partial charge in [0.15, 0.2) is 0 Å². The van der Waals surface area contributed by atoms with Crippen LogP contribution in [0, 0.1) is 5.82 Å². The topological polar surface area (TPSA) is 72.6 Å². The maximum absolute atomic E-state index is 13.6. The molecule has 1 aromatic heterocycles. The van der Waals surface area contributed by atoms with Crippen LogP contribution >= 0.6 is 15.9 Å². The molecule has 1 saturated carbocycles.